The van der Waals surface area contributed by atoms with Crippen molar-refractivity contribution in [1.82, 2.24) is 15.5 Å². The second kappa shape index (κ2) is 12.4. The van der Waals surface area contributed by atoms with Gasteiger partial charge in [0.25, 0.3) is 0 Å². The van der Waals surface area contributed by atoms with Crippen LogP contribution >= 0.6 is 35.3 Å². The van der Waals surface area contributed by atoms with E-state index >= 15 is 0 Å². The number of nitrogens with zero attached hydrogens (tertiary/aromatic N) is 2. The van der Waals surface area contributed by atoms with Crippen molar-refractivity contribution in [2.75, 3.05) is 39.8 Å². The molecule has 1 rings (SSSR count). The first-order valence-corrected chi connectivity index (χ1v) is 7.87. The Morgan fingerprint density at radius 3 is 2.75 bits per heavy atom. The third-order valence-electron chi connectivity index (χ3n) is 2.88. The number of thiophene rings is 1. The molecule has 0 saturated carbocycles. The molecule has 1 heterocycles. The van der Waals surface area contributed by atoms with Crippen LogP contribution in [0.2, 0.25) is 0 Å². The lowest BCUT2D eigenvalue weighted by molar-refractivity contribution is 0.363. The van der Waals surface area contributed by atoms with Gasteiger partial charge in [-0.25, -0.2) is 0 Å². The Morgan fingerprint density at radius 1 is 1.35 bits per heavy atom. The van der Waals surface area contributed by atoms with E-state index in [4.69, 9.17) is 0 Å². The number of aliphatic imine (C=N–C) groups is 1. The maximum atomic E-state index is 4.58. The van der Waals surface area contributed by atoms with Crippen molar-refractivity contribution in [2.45, 2.75) is 20.3 Å². The molecule has 2 N–H and O–H groups in total. The van der Waals surface area contributed by atoms with Crippen LogP contribution in [0.4, 0.5) is 0 Å². The van der Waals surface area contributed by atoms with Crippen molar-refractivity contribution in [3.63, 3.8) is 0 Å². The third kappa shape index (κ3) is 8.76. The van der Waals surface area contributed by atoms with Gasteiger partial charge in [-0.05, 0) is 38.4 Å². The molecule has 20 heavy (non-hydrogen) atoms. The van der Waals surface area contributed by atoms with Crippen molar-refractivity contribution >= 4 is 41.3 Å². The predicted molar refractivity (Wildman–Crippen MR) is 101 cm³/mol. The maximum Gasteiger partial charge on any atom is 0.191 e. The van der Waals surface area contributed by atoms with E-state index in [0.29, 0.717) is 0 Å². The van der Waals surface area contributed by atoms with Crippen molar-refractivity contribution in [1.29, 1.82) is 0 Å². The number of rotatable bonds is 8. The van der Waals surface area contributed by atoms with E-state index in [1.807, 2.05) is 0 Å². The Labute approximate surface area is 144 Å². The minimum Gasteiger partial charge on any atom is -0.357 e. The lowest BCUT2D eigenvalue weighted by Crippen LogP contribution is -2.38. The molecule has 0 aliphatic carbocycles. The fourth-order valence-electron chi connectivity index (χ4n) is 1.59. The number of guanidine groups is 1. The van der Waals surface area contributed by atoms with Crippen LogP contribution in [-0.4, -0.2) is 50.6 Å². The van der Waals surface area contributed by atoms with E-state index in [9.17, 15) is 0 Å². The molecule has 0 atom stereocenters. The summed E-state index contributed by atoms with van der Waals surface area (Å²) in [5, 5.41) is 8.78. The van der Waals surface area contributed by atoms with E-state index in [2.05, 4.69) is 58.9 Å². The smallest absolute Gasteiger partial charge is 0.191 e. The Kier molecular flexibility index (Phi) is 12.2. The Hall–Kier alpha value is -0.340. The van der Waals surface area contributed by atoms with E-state index in [-0.39, 0.29) is 24.0 Å². The first-order chi connectivity index (χ1) is 9.26. The summed E-state index contributed by atoms with van der Waals surface area (Å²) in [7, 11) is 2.12. The molecule has 0 radical (unpaired) electrons. The molecule has 0 aromatic carbocycles. The lowest BCUT2D eigenvalue weighted by atomic mass is 10.3. The van der Waals surface area contributed by atoms with Gasteiger partial charge >= 0.3 is 0 Å². The second-order valence-electron chi connectivity index (χ2n) is 4.41. The van der Waals surface area contributed by atoms with Crippen LogP contribution in [0.3, 0.4) is 0 Å². The number of hydrogen-bond acceptors (Lipinski definition) is 3. The normalized spacial score (nSPS) is 11.3. The van der Waals surface area contributed by atoms with Gasteiger partial charge in [-0.1, -0.05) is 13.0 Å². The largest absolute Gasteiger partial charge is 0.357 e. The van der Waals surface area contributed by atoms with E-state index in [1.54, 1.807) is 11.3 Å². The minimum atomic E-state index is 0. The van der Waals surface area contributed by atoms with Gasteiger partial charge in [0.15, 0.2) is 5.96 Å². The van der Waals surface area contributed by atoms with E-state index in [1.165, 1.54) is 4.88 Å². The first-order valence-electron chi connectivity index (χ1n) is 6.99. The van der Waals surface area contributed by atoms with Crippen LogP contribution in [0.5, 0.6) is 0 Å². The molecule has 0 amide bonds. The van der Waals surface area contributed by atoms with Gasteiger partial charge < -0.3 is 15.5 Å². The van der Waals surface area contributed by atoms with Gasteiger partial charge in [-0.3, -0.25) is 4.99 Å². The SMILES string of the molecule is CCNC(=NCCN(C)CC)NCCc1cccs1.I. The summed E-state index contributed by atoms with van der Waals surface area (Å²) in [6, 6.07) is 4.27. The number of nitrogens with one attached hydrogen (secondary N) is 2. The fraction of sp³-hybridized carbons (Fsp3) is 0.643. The molecule has 116 valence electrons. The monoisotopic (exact) mass is 410 g/mol. The van der Waals surface area contributed by atoms with Gasteiger partial charge in [0.2, 0.25) is 0 Å². The number of halogens is 1. The van der Waals surface area contributed by atoms with Gasteiger partial charge in [-0.2, -0.15) is 0 Å². The van der Waals surface area contributed by atoms with Crippen LogP contribution in [0.15, 0.2) is 22.5 Å². The lowest BCUT2D eigenvalue weighted by Gasteiger charge is -2.14. The highest BCUT2D eigenvalue weighted by atomic mass is 127. The first kappa shape index (κ1) is 19.7. The molecule has 0 saturated heterocycles. The van der Waals surface area contributed by atoms with Crippen LogP contribution in [0, 0.1) is 0 Å². The molecular formula is C14H27IN4S. The zero-order chi connectivity index (χ0) is 13.9. The Bertz CT molecular complexity index is 354. The standard InChI is InChI=1S/C14H26N4S.HI/c1-4-15-14(17-10-11-18(3)5-2)16-9-8-13-7-6-12-19-13;/h6-7,12H,4-5,8-11H2,1-3H3,(H2,15,16,17);1H. The Morgan fingerprint density at radius 2 is 2.15 bits per heavy atom. The molecule has 4 nitrogen and oxygen atoms in total. The van der Waals surface area contributed by atoms with Gasteiger partial charge in [0, 0.05) is 24.5 Å². The minimum absolute atomic E-state index is 0. The summed E-state index contributed by atoms with van der Waals surface area (Å²) in [5.41, 5.74) is 0. The van der Waals surface area contributed by atoms with Crippen molar-refractivity contribution in [3.8, 4) is 0 Å². The van der Waals surface area contributed by atoms with Crippen molar-refractivity contribution in [3.05, 3.63) is 22.4 Å². The molecule has 6 heteroatoms. The third-order valence-corrected chi connectivity index (χ3v) is 3.82. The average Bonchev–Trinajstić information content (AvgIpc) is 2.91. The van der Waals surface area contributed by atoms with Crippen molar-refractivity contribution in [2.24, 2.45) is 4.99 Å². The van der Waals surface area contributed by atoms with Crippen molar-refractivity contribution < 1.29 is 0 Å². The molecule has 0 fully saturated rings. The predicted octanol–water partition coefficient (Wildman–Crippen LogP) is 2.42. The van der Waals surface area contributed by atoms with Crippen LogP contribution in [0.1, 0.15) is 18.7 Å². The summed E-state index contributed by atoms with van der Waals surface area (Å²) in [6.45, 7) is 8.97. The summed E-state index contributed by atoms with van der Waals surface area (Å²) in [6.07, 6.45) is 1.05. The fourth-order valence-corrected chi connectivity index (χ4v) is 2.30. The summed E-state index contributed by atoms with van der Waals surface area (Å²) >= 11 is 1.81. The summed E-state index contributed by atoms with van der Waals surface area (Å²) < 4.78 is 0. The topological polar surface area (TPSA) is 39.7 Å². The molecule has 0 unspecified atom stereocenters. The quantitative estimate of drug-likeness (QED) is 0.393. The van der Waals surface area contributed by atoms with Gasteiger partial charge in [-0.15, -0.1) is 35.3 Å². The van der Waals surface area contributed by atoms with Crippen LogP contribution in [0.25, 0.3) is 0 Å². The summed E-state index contributed by atoms with van der Waals surface area (Å²) in [4.78, 5) is 8.25. The number of hydrogen-bond donors (Lipinski definition) is 2. The van der Waals surface area contributed by atoms with Gasteiger partial charge in [0.05, 0.1) is 6.54 Å². The molecule has 1 aromatic heterocycles. The van der Waals surface area contributed by atoms with Crippen LogP contribution < -0.4 is 10.6 Å². The highest BCUT2D eigenvalue weighted by molar-refractivity contribution is 14.0. The highest BCUT2D eigenvalue weighted by Crippen LogP contribution is 2.07. The van der Waals surface area contributed by atoms with Gasteiger partial charge in [0.1, 0.15) is 0 Å². The zero-order valence-corrected chi connectivity index (χ0v) is 15.8. The molecular weight excluding hydrogens is 383 g/mol. The zero-order valence-electron chi connectivity index (χ0n) is 12.7. The van der Waals surface area contributed by atoms with E-state index in [0.717, 1.165) is 45.1 Å². The second-order valence-corrected chi connectivity index (χ2v) is 5.44. The molecule has 0 spiro atoms. The molecule has 0 bridgehead atoms. The number of likely N-dealkylation sites (N-methyl/N-ethyl adjacent to an activating group) is 1. The molecule has 0 aliphatic rings. The molecule has 1 aromatic rings. The Balaban J connectivity index is 0.00000361. The van der Waals surface area contributed by atoms with E-state index < -0.39 is 0 Å². The maximum absolute atomic E-state index is 4.58. The molecule has 0 aliphatic heterocycles. The van der Waals surface area contributed by atoms with Crippen LogP contribution in [-0.2, 0) is 6.42 Å². The summed E-state index contributed by atoms with van der Waals surface area (Å²) in [5.74, 6) is 0.920. The highest BCUT2D eigenvalue weighted by Gasteiger charge is 1.99. The average molecular weight is 410 g/mol.